The number of likely N-dealkylation sites (tertiary alicyclic amines) is 1. The molecule has 0 unspecified atom stereocenters. The van der Waals surface area contributed by atoms with Gasteiger partial charge < -0.3 is 4.90 Å². The van der Waals surface area contributed by atoms with Gasteiger partial charge in [0.1, 0.15) is 17.8 Å². The standard InChI is InChI=1S/C23H24ClF3N2O3S/c1-2-33(31,32)28-22-18(25)12-29(23(30)13-9-10-13)19(22)11-14-5-3-6-15(20(14)26)16-7-4-8-17(24)21(16)27/h3-8,13,18-19,22,28H,2,9-12H2,1H3/t18-,19-,22-/m0/s1. The number of hydrogen-bond acceptors (Lipinski definition) is 3. The molecule has 3 atom stereocenters. The van der Waals surface area contributed by atoms with Crippen molar-refractivity contribution in [2.24, 2.45) is 5.92 Å². The van der Waals surface area contributed by atoms with Gasteiger partial charge in [0.2, 0.25) is 15.9 Å². The van der Waals surface area contributed by atoms with Crippen LogP contribution in [0, 0.1) is 17.6 Å². The molecule has 2 aromatic carbocycles. The molecule has 0 radical (unpaired) electrons. The number of nitrogens with zero attached hydrogens (tertiary/aromatic N) is 1. The molecule has 1 aliphatic heterocycles. The molecule has 1 N–H and O–H groups in total. The van der Waals surface area contributed by atoms with E-state index in [9.17, 15) is 22.0 Å². The Kier molecular flexibility index (Phi) is 6.75. The third-order valence-corrected chi connectivity index (χ3v) is 7.91. The smallest absolute Gasteiger partial charge is 0.226 e. The molecule has 4 rings (SSSR count). The van der Waals surface area contributed by atoms with E-state index in [1.807, 2.05) is 0 Å². The van der Waals surface area contributed by atoms with Gasteiger partial charge in [0.15, 0.2) is 0 Å². The van der Waals surface area contributed by atoms with Crippen molar-refractivity contribution in [1.29, 1.82) is 0 Å². The van der Waals surface area contributed by atoms with Crippen LogP contribution in [0.2, 0.25) is 5.02 Å². The number of alkyl halides is 1. The number of carbonyl (C=O) groups is 1. The molecule has 33 heavy (non-hydrogen) atoms. The Morgan fingerprint density at radius 3 is 2.39 bits per heavy atom. The first-order chi connectivity index (χ1) is 15.6. The van der Waals surface area contributed by atoms with E-state index >= 15 is 4.39 Å². The Balaban J connectivity index is 1.70. The van der Waals surface area contributed by atoms with Crippen LogP contribution in [0.5, 0.6) is 0 Å². The van der Waals surface area contributed by atoms with Gasteiger partial charge in [0.25, 0.3) is 0 Å². The number of carbonyl (C=O) groups excluding carboxylic acids is 1. The van der Waals surface area contributed by atoms with Gasteiger partial charge in [-0.2, -0.15) is 0 Å². The lowest BCUT2D eigenvalue weighted by atomic mass is 9.95. The number of sulfonamides is 1. The Bertz CT molecular complexity index is 1170. The quantitative estimate of drug-likeness (QED) is 0.622. The second-order valence-electron chi connectivity index (χ2n) is 8.48. The highest BCUT2D eigenvalue weighted by molar-refractivity contribution is 7.89. The molecule has 1 heterocycles. The average Bonchev–Trinajstić information content (AvgIpc) is 3.58. The summed E-state index contributed by atoms with van der Waals surface area (Å²) in [4.78, 5) is 14.1. The first-order valence-corrected chi connectivity index (χ1v) is 12.8. The maximum absolute atomic E-state index is 15.5. The maximum atomic E-state index is 15.5. The fraction of sp³-hybridized carbons (Fsp3) is 0.435. The largest absolute Gasteiger partial charge is 0.334 e. The molecule has 1 saturated heterocycles. The van der Waals surface area contributed by atoms with Gasteiger partial charge in [-0.05, 0) is 37.8 Å². The summed E-state index contributed by atoms with van der Waals surface area (Å²) in [5, 5.41) is -0.149. The zero-order valence-electron chi connectivity index (χ0n) is 17.9. The number of hydrogen-bond donors (Lipinski definition) is 1. The Morgan fingerprint density at radius 2 is 1.76 bits per heavy atom. The number of halogens is 4. The summed E-state index contributed by atoms with van der Waals surface area (Å²) in [6, 6.07) is 6.55. The molecule has 2 aromatic rings. The van der Waals surface area contributed by atoms with Crippen LogP contribution in [-0.4, -0.2) is 49.8 Å². The van der Waals surface area contributed by atoms with Crippen molar-refractivity contribution in [1.82, 2.24) is 9.62 Å². The first-order valence-electron chi connectivity index (χ1n) is 10.8. The van der Waals surface area contributed by atoms with E-state index in [1.165, 1.54) is 48.2 Å². The highest BCUT2D eigenvalue weighted by Crippen LogP contribution is 2.36. The van der Waals surface area contributed by atoms with Crippen molar-refractivity contribution in [3.05, 3.63) is 58.6 Å². The number of benzene rings is 2. The lowest BCUT2D eigenvalue weighted by Crippen LogP contribution is -2.50. The minimum Gasteiger partial charge on any atom is -0.334 e. The molecular formula is C23H24ClF3N2O3S. The van der Waals surface area contributed by atoms with E-state index in [2.05, 4.69) is 4.72 Å². The second-order valence-corrected chi connectivity index (χ2v) is 10.9. The van der Waals surface area contributed by atoms with Crippen LogP contribution >= 0.6 is 11.6 Å². The SMILES string of the molecule is CCS(=O)(=O)N[C@H]1[C@@H](F)CN(C(=O)C2CC2)[C@H]1Cc1cccc(-c2cccc(Cl)c2F)c1F. The van der Waals surface area contributed by atoms with Gasteiger partial charge in [0.05, 0.1) is 29.4 Å². The highest BCUT2D eigenvalue weighted by Gasteiger charge is 2.48. The summed E-state index contributed by atoms with van der Waals surface area (Å²) in [5.74, 6) is -2.20. The van der Waals surface area contributed by atoms with Crippen LogP contribution in [-0.2, 0) is 21.2 Å². The number of nitrogens with one attached hydrogen (secondary N) is 1. The summed E-state index contributed by atoms with van der Waals surface area (Å²) in [7, 11) is -3.77. The zero-order valence-corrected chi connectivity index (χ0v) is 19.5. The van der Waals surface area contributed by atoms with E-state index in [1.54, 1.807) is 0 Å². The highest BCUT2D eigenvalue weighted by atomic mass is 35.5. The third-order valence-electron chi connectivity index (χ3n) is 6.23. The predicted octanol–water partition coefficient (Wildman–Crippen LogP) is 4.09. The fourth-order valence-corrected chi connectivity index (χ4v) is 5.31. The fourth-order valence-electron chi connectivity index (χ4n) is 4.25. The van der Waals surface area contributed by atoms with Crippen LogP contribution in [0.1, 0.15) is 25.3 Å². The Hall–Kier alpha value is -2.10. The van der Waals surface area contributed by atoms with Crippen molar-refractivity contribution in [3.63, 3.8) is 0 Å². The number of rotatable bonds is 7. The van der Waals surface area contributed by atoms with E-state index < -0.39 is 39.9 Å². The average molecular weight is 501 g/mol. The predicted molar refractivity (Wildman–Crippen MR) is 120 cm³/mol. The van der Waals surface area contributed by atoms with E-state index in [0.717, 1.165) is 0 Å². The topological polar surface area (TPSA) is 66.5 Å². The van der Waals surface area contributed by atoms with Crippen LogP contribution in [0.4, 0.5) is 13.2 Å². The van der Waals surface area contributed by atoms with Gasteiger partial charge in [-0.15, -0.1) is 0 Å². The van der Waals surface area contributed by atoms with Crippen LogP contribution in [0.25, 0.3) is 11.1 Å². The molecule has 0 bridgehead atoms. The molecule has 1 aliphatic carbocycles. The molecule has 178 valence electrons. The van der Waals surface area contributed by atoms with Crippen LogP contribution in [0.3, 0.4) is 0 Å². The van der Waals surface area contributed by atoms with Crippen molar-refractivity contribution >= 4 is 27.5 Å². The lowest BCUT2D eigenvalue weighted by Gasteiger charge is -2.29. The van der Waals surface area contributed by atoms with Crippen LogP contribution in [0.15, 0.2) is 36.4 Å². The van der Waals surface area contributed by atoms with Crippen molar-refractivity contribution in [2.75, 3.05) is 12.3 Å². The van der Waals surface area contributed by atoms with Gasteiger partial charge in [-0.3, -0.25) is 4.79 Å². The van der Waals surface area contributed by atoms with Crippen molar-refractivity contribution < 1.29 is 26.4 Å². The molecule has 10 heteroatoms. The Labute approximate surface area is 196 Å². The van der Waals surface area contributed by atoms with E-state index in [0.29, 0.717) is 12.8 Å². The zero-order chi connectivity index (χ0) is 23.9. The van der Waals surface area contributed by atoms with Gasteiger partial charge in [0, 0.05) is 17.0 Å². The molecule has 2 fully saturated rings. The molecule has 0 spiro atoms. The van der Waals surface area contributed by atoms with Gasteiger partial charge in [-0.25, -0.2) is 26.3 Å². The van der Waals surface area contributed by atoms with E-state index in [-0.39, 0.29) is 52.3 Å². The Morgan fingerprint density at radius 1 is 1.12 bits per heavy atom. The van der Waals surface area contributed by atoms with Gasteiger partial charge >= 0.3 is 0 Å². The van der Waals surface area contributed by atoms with E-state index in [4.69, 9.17) is 11.6 Å². The summed E-state index contributed by atoms with van der Waals surface area (Å²) in [6.07, 6.45) is -0.363. The van der Waals surface area contributed by atoms with Crippen LogP contribution < -0.4 is 4.72 Å². The first kappa shape index (κ1) is 24.0. The molecule has 1 saturated carbocycles. The molecule has 5 nitrogen and oxygen atoms in total. The normalized spacial score (nSPS) is 23.2. The molecule has 2 aliphatic rings. The maximum Gasteiger partial charge on any atom is 0.226 e. The lowest BCUT2D eigenvalue weighted by molar-refractivity contribution is -0.133. The molecule has 0 aromatic heterocycles. The summed E-state index contributed by atoms with van der Waals surface area (Å²) in [6.45, 7) is 1.16. The summed E-state index contributed by atoms with van der Waals surface area (Å²) >= 11 is 5.84. The van der Waals surface area contributed by atoms with Gasteiger partial charge in [-0.1, -0.05) is 41.9 Å². The van der Waals surface area contributed by atoms with Crippen molar-refractivity contribution in [3.8, 4) is 11.1 Å². The summed E-state index contributed by atoms with van der Waals surface area (Å²) in [5.41, 5.74) is 0.0825. The monoisotopic (exact) mass is 500 g/mol. The van der Waals surface area contributed by atoms with Crippen molar-refractivity contribution in [2.45, 2.75) is 44.4 Å². The second kappa shape index (κ2) is 9.27. The minimum atomic E-state index is -3.77. The molecule has 1 amide bonds. The molecular weight excluding hydrogens is 477 g/mol. The minimum absolute atomic E-state index is 0.0203. The summed E-state index contributed by atoms with van der Waals surface area (Å²) < 4.78 is 71.7. The number of amides is 1. The third kappa shape index (κ3) is 4.90.